The van der Waals surface area contributed by atoms with Gasteiger partial charge < -0.3 is 9.42 Å². The Morgan fingerprint density at radius 1 is 1.11 bits per heavy atom. The maximum absolute atomic E-state index is 12.6. The van der Waals surface area contributed by atoms with Crippen LogP contribution >= 0.6 is 15.9 Å². The van der Waals surface area contributed by atoms with E-state index < -0.39 is 0 Å². The van der Waals surface area contributed by atoms with E-state index in [1.54, 1.807) is 0 Å². The van der Waals surface area contributed by atoms with Gasteiger partial charge in [0.05, 0.1) is 0 Å². The van der Waals surface area contributed by atoms with Gasteiger partial charge in [0.15, 0.2) is 0 Å². The topological polar surface area (TPSA) is 59.2 Å². The fourth-order valence-corrected chi connectivity index (χ4v) is 3.23. The molecule has 0 saturated heterocycles. The Morgan fingerprint density at radius 2 is 1.85 bits per heavy atom. The molecule has 5 nitrogen and oxygen atoms in total. The van der Waals surface area contributed by atoms with Gasteiger partial charge in [-0.1, -0.05) is 51.4 Å². The summed E-state index contributed by atoms with van der Waals surface area (Å²) in [6.07, 6.45) is 2.55. The van der Waals surface area contributed by atoms with Gasteiger partial charge in [-0.25, -0.2) is 0 Å². The molecule has 1 saturated carbocycles. The van der Waals surface area contributed by atoms with E-state index in [-0.39, 0.29) is 11.8 Å². The lowest BCUT2D eigenvalue weighted by Gasteiger charge is -2.22. The van der Waals surface area contributed by atoms with E-state index >= 15 is 0 Å². The van der Waals surface area contributed by atoms with Crippen molar-refractivity contribution in [2.24, 2.45) is 5.92 Å². The Bertz CT molecular complexity index is 905. The lowest BCUT2D eigenvalue weighted by atomic mass is 10.2. The van der Waals surface area contributed by atoms with E-state index in [1.165, 1.54) is 0 Å². The van der Waals surface area contributed by atoms with Gasteiger partial charge in [-0.15, -0.1) is 0 Å². The van der Waals surface area contributed by atoms with Gasteiger partial charge in [0, 0.05) is 35.5 Å². The zero-order valence-electron chi connectivity index (χ0n) is 14.8. The second-order valence-electron chi connectivity index (χ2n) is 6.79. The quantitative estimate of drug-likeness (QED) is 0.559. The van der Waals surface area contributed by atoms with Crippen molar-refractivity contribution in [3.05, 3.63) is 70.5 Å². The molecule has 1 aliphatic carbocycles. The number of carbonyl (C=O) groups is 1. The Balaban J connectivity index is 1.43. The summed E-state index contributed by atoms with van der Waals surface area (Å²) in [4.78, 5) is 19.0. The number of hydrogen-bond donors (Lipinski definition) is 0. The van der Waals surface area contributed by atoms with Crippen LogP contribution in [0.4, 0.5) is 0 Å². The number of hydrogen-bond acceptors (Lipinski definition) is 4. The third kappa shape index (κ3) is 4.63. The van der Waals surface area contributed by atoms with Crippen molar-refractivity contribution in [1.29, 1.82) is 0 Å². The van der Waals surface area contributed by atoms with Crippen molar-refractivity contribution < 1.29 is 9.32 Å². The van der Waals surface area contributed by atoms with Gasteiger partial charge in [0.1, 0.15) is 0 Å². The summed E-state index contributed by atoms with van der Waals surface area (Å²) >= 11 is 3.42. The van der Waals surface area contributed by atoms with Crippen LogP contribution in [-0.2, 0) is 17.8 Å². The van der Waals surface area contributed by atoms with Gasteiger partial charge in [0.25, 0.3) is 0 Å². The summed E-state index contributed by atoms with van der Waals surface area (Å²) in [6, 6.07) is 17.8. The highest BCUT2D eigenvalue weighted by Crippen LogP contribution is 2.31. The van der Waals surface area contributed by atoms with Gasteiger partial charge in [-0.05, 0) is 42.7 Å². The van der Waals surface area contributed by atoms with Gasteiger partial charge in [-0.3, -0.25) is 4.79 Å². The molecule has 0 spiro atoms. The fraction of sp³-hybridized carbons (Fsp3) is 0.286. The highest BCUT2D eigenvalue weighted by Gasteiger charge is 2.33. The minimum absolute atomic E-state index is 0.190. The van der Waals surface area contributed by atoms with E-state index in [4.69, 9.17) is 4.52 Å². The molecule has 1 aromatic heterocycles. The van der Waals surface area contributed by atoms with Gasteiger partial charge >= 0.3 is 0 Å². The summed E-state index contributed by atoms with van der Waals surface area (Å²) in [7, 11) is 0. The molecule has 0 atom stereocenters. The molecule has 2 aromatic carbocycles. The summed E-state index contributed by atoms with van der Waals surface area (Å²) < 4.78 is 6.40. The average Bonchev–Trinajstić information content (AvgIpc) is 3.44. The minimum atomic E-state index is 0.190. The molecule has 0 radical (unpaired) electrons. The Hall–Kier alpha value is -2.47. The molecule has 1 amide bonds. The number of aromatic nitrogens is 2. The monoisotopic (exact) mass is 425 g/mol. The highest BCUT2D eigenvalue weighted by atomic mass is 79.9. The van der Waals surface area contributed by atoms with Crippen molar-refractivity contribution in [1.82, 2.24) is 15.0 Å². The van der Waals surface area contributed by atoms with Crippen LogP contribution in [0.25, 0.3) is 11.4 Å². The van der Waals surface area contributed by atoms with Crippen molar-refractivity contribution >= 4 is 21.8 Å². The molecule has 0 N–H and O–H groups in total. The first-order valence-electron chi connectivity index (χ1n) is 9.10. The molecule has 138 valence electrons. The summed E-state index contributed by atoms with van der Waals surface area (Å²) in [5, 5.41) is 4.07. The van der Waals surface area contributed by atoms with Crippen molar-refractivity contribution in [2.75, 3.05) is 6.54 Å². The molecule has 0 unspecified atom stereocenters. The van der Waals surface area contributed by atoms with Crippen LogP contribution in [0.2, 0.25) is 0 Å². The first kappa shape index (κ1) is 17.9. The molecule has 1 aliphatic rings. The Labute approximate surface area is 166 Å². The minimum Gasteiger partial charge on any atom is -0.339 e. The van der Waals surface area contributed by atoms with E-state index in [9.17, 15) is 4.79 Å². The number of rotatable bonds is 7. The standard InChI is InChI=1S/C21H20BrN3O2/c22-18-10-8-16(9-11-18)20-23-19(27-24-20)12-13-25(21(26)17-6-7-17)14-15-4-2-1-3-5-15/h1-5,8-11,17H,6-7,12-14H2. The van der Waals surface area contributed by atoms with E-state index in [0.29, 0.717) is 31.2 Å². The highest BCUT2D eigenvalue weighted by molar-refractivity contribution is 9.10. The maximum atomic E-state index is 12.6. The fourth-order valence-electron chi connectivity index (χ4n) is 2.96. The number of benzene rings is 2. The third-order valence-corrected chi connectivity index (χ3v) is 5.15. The predicted octanol–water partition coefficient (Wildman–Crippen LogP) is 4.48. The van der Waals surface area contributed by atoms with Crippen LogP contribution in [0.15, 0.2) is 63.6 Å². The molecule has 0 bridgehead atoms. The molecule has 1 fully saturated rings. The number of halogens is 1. The number of nitrogens with zero attached hydrogens (tertiary/aromatic N) is 3. The average molecular weight is 426 g/mol. The normalized spacial score (nSPS) is 13.5. The van der Waals surface area contributed by atoms with E-state index in [2.05, 4.69) is 26.1 Å². The molecule has 3 aromatic rings. The molecule has 1 heterocycles. The zero-order valence-corrected chi connectivity index (χ0v) is 16.4. The SMILES string of the molecule is O=C(C1CC1)N(CCc1nc(-c2ccc(Br)cc2)no1)Cc1ccccc1. The smallest absolute Gasteiger partial charge is 0.228 e. The van der Waals surface area contributed by atoms with Gasteiger partial charge in [0.2, 0.25) is 17.6 Å². The maximum Gasteiger partial charge on any atom is 0.228 e. The second-order valence-corrected chi connectivity index (χ2v) is 7.70. The molecule has 27 heavy (non-hydrogen) atoms. The van der Waals surface area contributed by atoms with Crippen molar-refractivity contribution in [3.63, 3.8) is 0 Å². The van der Waals surface area contributed by atoms with Crippen LogP contribution in [0.5, 0.6) is 0 Å². The Kier molecular flexibility index (Phi) is 5.34. The summed E-state index contributed by atoms with van der Waals surface area (Å²) in [5.41, 5.74) is 2.04. The third-order valence-electron chi connectivity index (χ3n) is 4.62. The van der Waals surface area contributed by atoms with Crippen LogP contribution < -0.4 is 0 Å². The van der Waals surface area contributed by atoms with Crippen molar-refractivity contribution in [3.8, 4) is 11.4 Å². The molecule has 4 rings (SSSR count). The number of carbonyl (C=O) groups excluding carboxylic acids is 1. The van der Waals surface area contributed by atoms with Crippen LogP contribution in [0, 0.1) is 5.92 Å². The number of amides is 1. The zero-order chi connectivity index (χ0) is 18.6. The lowest BCUT2D eigenvalue weighted by molar-refractivity contribution is -0.133. The van der Waals surface area contributed by atoms with Crippen LogP contribution in [0.3, 0.4) is 0 Å². The van der Waals surface area contributed by atoms with Crippen molar-refractivity contribution in [2.45, 2.75) is 25.8 Å². The summed E-state index contributed by atoms with van der Waals surface area (Å²) in [5.74, 6) is 1.54. The van der Waals surface area contributed by atoms with Crippen LogP contribution in [0.1, 0.15) is 24.3 Å². The van der Waals surface area contributed by atoms with Gasteiger partial charge in [-0.2, -0.15) is 4.98 Å². The lowest BCUT2D eigenvalue weighted by Crippen LogP contribution is -2.33. The first-order chi connectivity index (χ1) is 13.2. The van der Waals surface area contributed by atoms with Crippen LogP contribution in [-0.4, -0.2) is 27.5 Å². The predicted molar refractivity (Wildman–Crippen MR) is 106 cm³/mol. The summed E-state index contributed by atoms with van der Waals surface area (Å²) in [6.45, 7) is 1.19. The molecular weight excluding hydrogens is 406 g/mol. The van der Waals surface area contributed by atoms with E-state index in [0.717, 1.165) is 28.4 Å². The molecule has 0 aliphatic heterocycles. The Morgan fingerprint density at radius 3 is 2.56 bits per heavy atom. The van der Waals surface area contributed by atoms with E-state index in [1.807, 2.05) is 59.5 Å². The largest absolute Gasteiger partial charge is 0.339 e. The second kappa shape index (κ2) is 8.05. The first-order valence-corrected chi connectivity index (χ1v) is 9.89. The molecular formula is C21H20BrN3O2. The molecule has 6 heteroatoms.